The number of ether oxygens (including phenoxy) is 1. The van der Waals surface area contributed by atoms with E-state index < -0.39 is 5.92 Å². The van der Waals surface area contributed by atoms with Crippen LogP contribution in [0.3, 0.4) is 0 Å². The van der Waals surface area contributed by atoms with Gasteiger partial charge in [-0.1, -0.05) is 19.1 Å². The van der Waals surface area contributed by atoms with Crippen LogP contribution in [0.4, 0.5) is 17.1 Å². The van der Waals surface area contributed by atoms with E-state index >= 15 is 0 Å². The third kappa shape index (κ3) is 4.52. The molecule has 1 atom stereocenters. The van der Waals surface area contributed by atoms with E-state index in [9.17, 15) is 9.59 Å². The first-order valence-corrected chi connectivity index (χ1v) is 8.65. The van der Waals surface area contributed by atoms with E-state index in [4.69, 9.17) is 10.5 Å². The summed E-state index contributed by atoms with van der Waals surface area (Å²) >= 11 is 0. The molecule has 3 N–H and O–H groups in total. The van der Waals surface area contributed by atoms with E-state index in [1.807, 2.05) is 24.3 Å². The lowest BCUT2D eigenvalue weighted by atomic mass is 10.1. The summed E-state index contributed by atoms with van der Waals surface area (Å²) in [6.07, 6.45) is 1.15. The topological polar surface area (TPSA) is 84.7 Å². The molecular weight excluding hydrogens is 366 g/mol. The van der Waals surface area contributed by atoms with Crippen LogP contribution >= 0.6 is 12.4 Å². The Morgan fingerprint density at radius 1 is 1.26 bits per heavy atom. The molecule has 0 radical (unpaired) electrons. The van der Waals surface area contributed by atoms with E-state index in [-0.39, 0.29) is 30.6 Å². The van der Waals surface area contributed by atoms with Crippen molar-refractivity contribution in [3.63, 3.8) is 0 Å². The summed E-state index contributed by atoms with van der Waals surface area (Å²) in [6.45, 7) is 2.46. The number of methoxy groups -OCH3 is 1. The van der Waals surface area contributed by atoms with Gasteiger partial charge in [0, 0.05) is 24.3 Å². The summed E-state index contributed by atoms with van der Waals surface area (Å²) in [5.41, 5.74) is 8.95. The van der Waals surface area contributed by atoms with Crippen LogP contribution in [0.2, 0.25) is 0 Å². The number of amides is 2. The zero-order valence-corrected chi connectivity index (χ0v) is 16.2. The van der Waals surface area contributed by atoms with Crippen molar-refractivity contribution >= 4 is 41.3 Å². The van der Waals surface area contributed by atoms with Gasteiger partial charge in [0.2, 0.25) is 11.8 Å². The first kappa shape index (κ1) is 20.6. The lowest BCUT2D eigenvalue weighted by molar-refractivity contribution is -0.122. The van der Waals surface area contributed by atoms with Gasteiger partial charge < -0.3 is 20.7 Å². The second-order valence-corrected chi connectivity index (χ2v) is 6.37. The smallest absolute Gasteiger partial charge is 0.229 e. The molecule has 1 saturated heterocycles. The minimum atomic E-state index is -0.392. The maximum absolute atomic E-state index is 12.5. The van der Waals surface area contributed by atoms with Crippen LogP contribution in [0, 0.1) is 5.92 Å². The summed E-state index contributed by atoms with van der Waals surface area (Å²) in [5, 5.41) is 2.83. The molecule has 1 fully saturated rings. The number of nitrogens with one attached hydrogen (secondary N) is 1. The Labute approximate surface area is 165 Å². The molecule has 2 amide bonds. The van der Waals surface area contributed by atoms with Crippen molar-refractivity contribution in [1.29, 1.82) is 0 Å². The second kappa shape index (κ2) is 8.77. The first-order valence-electron chi connectivity index (χ1n) is 8.65. The number of benzene rings is 2. The van der Waals surface area contributed by atoms with Crippen molar-refractivity contribution in [2.75, 3.05) is 29.6 Å². The molecular formula is C20H24ClN3O3. The molecule has 27 heavy (non-hydrogen) atoms. The standard InChI is InChI=1S/C20H23N3O3.ClH/c1-3-13-4-7-16(8-5-13)23-12-14(10-19(23)24)20(25)22-15-6-9-18(26-2)17(21)11-15;/h4-9,11,14H,3,10,12,21H2,1-2H3,(H,22,25);1H. The predicted molar refractivity (Wildman–Crippen MR) is 110 cm³/mol. The lowest BCUT2D eigenvalue weighted by Crippen LogP contribution is -2.28. The largest absolute Gasteiger partial charge is 0.495 e. The first-order chi connectivity index (χ1) is 12.5. The van der Waals surface area contributed by atoms with Crippen LogP contribution in [-0.4, -0.2) is 25.5 Å². The molecule has 1 aliphatic rings. The van der Waals surface area contributed by atoms with Gasteiger partial charge in [0.25, 0.3) is 0 Å². The fraction of sp³-hybridized carbons (Fsp3) is 0.300. The van der Waals surface area contributed by atoms with Crippen LogP contribution in [0.1, 0.15) is 18.9 Å². The van der Waals surface area contributed by atoms with Crippen molar-refractivity contribution in [3.8, 4) is 5.75 Å². The van der Waals surface area contributed by atoms with E-state index in [1.54, 1.807) is 23.1 Å². The fourth-order valence-electron chi connectivity index (χ4n) is 3.10. The minimum Gasteiger partial charge on any atom is -0.495 e. The summed E-state index contributed by atoms with van der Waals surface area (Å²) < 4.78 is 5.11. The van der Waals surface area contributed by atoms with Gasteiger partial charge in [-0.05, 0) is 42.3 Å². The summed E-state index contributed by atoms with van der Waals surface area (Å²) in [7, 11) is 1.54. The number of nitrogens with zero attached hydrogens (tertiary/aromatic N) is 1. The maximum Gasteiger partial charge on any atom is 0.229 e. The normalized spacial score (nSPS) is 16.0. The Morgan fingerprint density at radius 3 is 2.56 bits per heavy atom. The highest BCUT2D eigenvalue weighted by atomic mass is 35.5. The van der Waals surface area contributed by atoms with Gasteiger partial charge in [-0.2, -0.15) is 0 Å². The average Bonchev–Trinajstić information content (AvgIpc) is 3.04. The van der Waals surface area contributed by atoms with Crippen LogP contribution in [0.15, 0.2) is 42.5 Å². The maximum atomic E-state index is 12.5. The van der Waals surface area contributed by atoms with Gasteiger partial charge in [-0.3, -0.25) is 9.59 Å². The van der Waals surface area contributed by atoms with Crippen molar-refractivity contribution in [2.24, 2.45) is 5.92 Å². The SMILES string of the molecule is CCc1ccc(N2CC(C(=O)Nc3ccc(OC)c(N)c3)CC2=O)cc1.Cl. The molecule has 1 heterocycles. The van der Waals surface area contributed by atoms with Crippen LogP contribution in [0.25, 0.3) is 0 Å². The van der Waals surface area contributed by atoms with Gasteiger partial charge in [-0.15, -0.1) is 12.4 Å². The number of carbonyl (C=O) groups is 2. The highest BCUT2D eigenvalue weighted by Gasteiger charge is 2.35. The Kier molecular flexibility index (Phi) is 6.69. The Morgan fingerprint density at radius 2 is 1.96 bits per heavy atom. The molecule has 1 unspecified atom stereocenters. The molecule has 1 aliphatic heterocycles. The van der Waals surface area contributed by atoms with Crippen molar-refractivity contribution in [2.45, 2.75) is 19.8 Å². The molecule has 144 valence electrons. The average molecular weight is 390 g/mol. The molecule has 7 heteroatoms. The Hall–Kier alpha value is -2.73. The fourth-order valence-corrected chi connectivity index (χ4v) is 3.10. The minimum absolute atomic E-state index is 0. The van der Waals surface area contributed by atoms with Crippen LogP contribution in [0.5, 0.6) is 5.75 Å². The van der Waals surface area contributed by atoms with Gasteiger partial charge in [-0.25, -0.2) is 0 Å². The number of hydrogen-bond donors (Lipinski definition) is 2. The van der Waals surface area contributed by atoms with Crippen LogP contribution in [-0.2, 0) is 16.0 Å². The quantitative estimate of drug-likeness (QED) is 0.769. The number of anilines is 3. The number of halogens is 1. The number of rotatable bonds is 5. The molecule has 6 nitrogen and oxygen atoms in total. The van der Waals surface area contributed by atoms with Crippen molar-refractivity contribution in [1.82, 2.24) is 0 Å². The molecule has 0 saturated carbocycles. The van der Waals surface area contributed by atoms with Gasteiger partial charge in [0.05, 0.1) is 18.7 Å². The number of hydrogen-bond acceptors (Lipinski definition) is 4. The van der Waals surface area contributed by atoms with Gasteiger partial charge in [0.1, 0.15) is 5.75 Å². The highest BCUT2D eigenvalue weighted by Crippen LogP contribution is 2.28. The highest BCUT2D eigenvalue weighted by molar-refractivity contribution is 6.03. The van der Waals surface area contributed by atoms with E-state index in [2.05, 4.69) is 12.2 Å². The Balaban J connectivity index is 0.00000261. The monoisotopic (exact) mass is 389 g/mol. The summed E-state index contributed by atoms with van der Waals surface area (Å²) in [5.74, 6) is -0.0586. The number of carbonyl (C=O) groups excluding carboxylic acids is 2. The molecule has 0 bridgehead atoms. The third-order valence-electron chi connectivity index (χ3n) is 4.65. The molecule has 0 aromatic heterocycles. The number of nitrogen functional groups attached to an aromatic ring is 1. The molecule has 0 aliphatic carbocycles. The Bertz CT molecular complexity index is 824. The predicted octanol–water partition coefficient (Wildman–Crippen LogP) is 3.25. The van der Waals surface area contributed by atoms with Crippen LogP contribution < -0.4 is 20.7 Å². The lowest BCUT2D eigenvalue weighted by Gasteiger charge is -2.17. The molecule has 2 aromatic rings. The number of aryl methyl sites for hydroxylation is 1. The molecule has 3 rings (SSSR count). The van der Waals surface area contributed by atoms with E-state index in [0.717, 1.165) is 12.1 Å². The van der Waals surface area contributed by atoms with E-state index in [0.29, 0.717) is 23.7 Å². The molecule has 2 aromatic carbocycles. The van der Waals surface area contributed by atoms with Gasteiger partial charge in [0.15, 0.2) is 0 Å². The van der Waals surface area contributed by atoms with Crippen molar-refractivity contribution in [3.05, 3.63) is 48.0 Å². The van der Waals surface area contributed by atoms with E-state index in [1.165, 1.54) is 12.7 Å². The second-order valence-electron chi connectivity index (χ2n) is 6.37. The van der Waals surface area contributed by atoms with Crippen molar-refractivity contribution < 1.29 is 14.3 Å². The summed E-state index contributed by atoms with van der Waals surface area (Å²) in [6, 6.07) is 13.0. The third-order valence-corrected chi connectivity index (χ3v) is 4.65. The van der Waals surface area contributed by atoms with Gasteiger partial charge >= 0.3 is 0 Å². The summed E-state index contributed by atoms with van der Waals surface area (Å²) in [4.78, 5) is 26.6. The zero-order valence-electron chi connectivity index (χ0n) is 15.4. The molecule has 0 spiro atoms. The zero-order chi connectivity index (χ0) is 18.7. The number of nitrogens with two attached hydrogens (primary N) is 1.